The normalized spacial score (nSPS) is 11.1. The lowest BCUT2D eigenvalue weighted by Crippen LogP contribution is -2.15. The number of hydrogen-bond acceptors (Lipinski definition) is 4. The zero-order valence-electron chi connectivity index (χ0n) is 16.5. The van der Waals surface area contributed by atoms with E-state index in [9.17, 15) is 9.18 Å². The Balaban J connectivity index is 2.01. The molecule has 29 heavy (non-hydrogen) atoms. The molecule has 1 N–H and O–H groups in total. The maximum Gasteiger partial charge on any atom is 0.262 e. The third-order valence-corrected chi connectivity index (χ3v) is 4.81. The highest BCUT2D eigenvalue weighted by Gasteiger charge is 2.22. The molecule has 0 aliphatic rings. The van der Waals surface area contributed by atoms with E-state index in [2.05, 4.69) is 20.4 Å². The van der Waals surface area contributed by atoms with Crippen LogP contribution in [0.5, 0.6) is 0 Å². The van der Waals surface area contributed by atoms with Gasteiger partial charge in [-0.2, -0.15) is 9.49 Å². The number of nitrogens with one attached hydrogen (secondary N) is 1. The summed E-state index contributed by atoms with van der Waals surface area (Å²) in [5.41, 5.74) is 4.02. The summed E-state index contributed by atoms with van der Waals surface area (Å²) in [4.78, 5) is 17.4. The number of aryl methyl sites for hydroxylation is 3. The van der Waals surface area contributed by atoms with Crippen LogP contribution < -0.4 is 5.32 Å². The number of aromatic nitrogens is 2. The summed E-state index contributed by atoms with van der Waals surface area (Å²) in [5, 5.41) is 11.0. The molecule has 0 atom stereocenters. The second-order valence-corrected chi connectivity index (χ2v) is 6.89. The van der Waals surface area contributed by atoms with Gasteiger partial charge in [-0.15, -0.1) is 0 Å². The molecule has 0 aliphatic heterocycles. The first-order valence-electron chi connectivity index (χ1n) is 8.80. The quantitative estimate of drug-likeness (QED) is 0.484. The van der Waals surface area contributed by atoms with Crippen molar-refractivity contribution in [3.63, 3.8) is 0 Å². The van der Waals surface area contributed by atoms with E-state index in [1.165, 1.54) is 20.4 Å². The monoisotopic (exact) mass is 414 g/mol. The van der Waals surface area contributed by atoms with E-state index in [0.29, 0.717) is 22.0 Å². The first kappa shape index (κ1) is 20.5. The van der Waals surface area contributed by atoms with E-state index < -0.39 is 11.9 Å². The molecule has 8 heteroatoms. The topological polar surface area (TPSA) is 68.5 Å². The molecule has 0 fully saturated rings. The third-order valence-electron chi connectivity index (χ3n) is 4.49. The minimum Gasteiger partial charge on any atom is -0.399 e. The summed E-state index contributed by atoms with van der Waals surface area (Å²) in [6.45, 7) is 3.52. The number of hydrogen-bond donors (Lipinski definition) is 1. The zero-order chi connectivity index (χ0) is 21.1. The van der Waals surface area contributed by atoms with Crippen molar-refractivity contribution in [1.82, 2.24) is 9.78 Å². The molecule has 0 saturated carbocycles. The fourth-order valence-electron chi connectivity index (χ4n) is 3.12. The molecule has 0 bridgehead atoms. The van der Waals surface area contributed by atoms with Crippen molar-refractivity contribution in [2.75, 3.05) is 12.4 Å². The summed E-state index contributed by atoms with van der Waals surface area (Å²) < 4.78 is 15.3. The van der Waals surface area contributed by atoms with Crippen molar-refractivity contribution < 1.29 is 14.0 Å². The molecular weight excluding hydrogens is 395 g/mol. The average molecular weight is 415 g/mol. The predicted octanol–water partition coefficient (Wildman–Crippen LogP) is 4.73. The Morgan fingerprint density at radius 3 is 2.69 bits per heavy atom. The van der Waals surface area contributed by atoms with E-state index in [0.717, 1.165) is 21.4 Å². The van der Waals surface area contributed by atoms with Gasteiger partial charge < -0.3 is 10.2 Å². The zero-order valence-corrected chi connectivity index (χ0v) is 17.2. The van der Waals surface area contributed by atoms with Gasteiger partial charge in [0.2, 0.25) is 5.95 Å². The van der Waals surface area contributed by atoms with E-state index in [4.69, 9.17) is 11.6 Å². The molecule has 2 aromatic carbocycles. The van der Waals surface area contributed by atoms with Crippen molar-refractivity contribution in [3.05, 3.63) is 69.8 Å². The van der Waals surface area contributed by atoms with Crippen molar-refractivity contribution in [2.24, 2.45) is 12.2 Å². The van der Waals surface area contributed by atoms with Crippen LogP contribution in [0.3, 0.4) is 0 Å². The minimum atomic E-state index is -0.681. The van der Waals surface area contributed by atoms with E-state index in [-0.39, 0.29) is 5.56 Å². The molecule has 6 nitrogen and oxygen atoms in total. The van der Waals surface area contributed by atoms with Gasteiger partial charge in [0, 0.05) is 23.9 Å². The van der Waals surface area contributed by atoms with Crippen molar-refractivity contribution >= 4 is 29.4 Å². The van der Waals surface area contributed by atoms with Crippen LogP contribution in [0, 0.1) is 19.8 Å². The van der Waals surface area contributed by atoms with Crippen molar-refractivity contribution in [2.45, 2.75) is 13.8 Å². The SMILES string of the molecule is CO/N=C/c1ccc(-c2c(C)cccc2NC(=O)c2c(C)nn(C)c2F)cc1Cl. The maximum absolute atomic E-state index is 14.3. The van der Waals surface area contributed by atoms with Crippen LogP contribution in [0.15, 0.2) is 41.6 Å². The summed E-state index contributed by atoms with van der Waals surface area (Å²) >= 11 is 6.37. The molecule has 150 valence electrons. The van der Waals surface area contributed by atoms with Crippen LogP contribution in [0.2, 0.25) is 5.02 Å². The smallest absolute Gasteiger partial charge is 0.262 e. The molecule has 1 aromatic heterocycles. The van der Waals surface area contributed by atoms with Crippen LogP contribution in [-0.2, 0) is 11.9 Å². The molecule has 0 aliphatic carbocycles. The summed E-state index contributed by atoms with van der Waals surface area (Å²) in [6.07, 6.45) is 1.51. The number of carbonyl (C=O) groups is 1. The van der Waals surface area contributed by atoms with Crippen LogP contribution in [0.1, 0.15) is 27.2 Å². The van der Waals surface area contributed by atoms with Gasteiger partial charge in [-0.05, 0) is 37.1 Å². The Hall–Kier alpha value is -3.19. The Kier molecular flexibility index (Phi) is 5.98. The molecule has 0 radical (unpaired) electrons. The van der Waals surface area contributed by atoms with Gasteiger partial charge >= 0.3 is 0 Å². The molecular formula is C21H20ClFN4O2. The van der Waals surface area contributed by atoms with E-state index >= 15 is 0 Å². The maximum atomic E-state index is 14.3. The van der Waals surface area contributed by atoms with Crippen molar-refractivity contribution in [1.29, 1.82) is 0 Å². The second kappa shape index (κ2) is 8.45. The van der Waals surface area contributed by atoms with Gasteiger partial charge in [0.1, 0.15) is 12.7 Å². The first-order chi connectivity index (χ1) is 13.8. The van der Waals surface area contributed by atoms with Gasteiger partial charge in [-0.25, -0.2) is 4.68 Å². The lowest BCUT2D eigenvalue weighted by atomic mass is 9.97. The van der Waals surface area contributed by atoms with E-state index in [1.54, 1.807) is 19.1 Å². The number of anilines is 1. The summed E-state index contributed by atoms with van der Waals surface area (Å²) in [5.74, 6) is -1.24. The summed E-state index contributed by atoms with van der Waals surface area (Å²) in [6, 6.07) is 11.0. The highest BCUT2D eigenvalue weighted by Crippen LogP contribution is 2.34. The van der Waals surface area contributed by atoms with Crippen LogP contribution >= 0.6 is 11.6 Å². The number of nitrogens with zero attached hydrogens (tertiary/aromatic N) is 3. The van der Waals surface area contributed by atoms with Gasteiger partial charge in [0.25, 0.3) is 5.91 Å². The minimum absolute atomic E-state index is 0.0795. The Bertz CT molecular complexity index is 1110. The molecule has 1 amide bonds. The fraction of sp³-hybridized carbons (Fsp3) is 0.190. The second-order valence-electron chi connectivity index (χ2n) is 6.48. The fourth-order valence-corrected chi connectivity index (χ4v) is 3.35. The highest BCUT2D eigenvalue weighted by atomic mass is 35.5. The van der Waals surface area contributed by atoms with Crippen LogP contribution in [-0.4, -0.2) is 29.0 Å². The van der Waals surface area contributed by atoms with Gasteiger partial charge in [0.15, 0.2) is 0 Å². The summed E-state index contributed by atoms with van der Waals surface area (Å²) in [7, 11) is 2.90. The molecule has 0 saturated heterocycles. The van der Waals surface area contributed by atoms with Gasteiger partial charge in [0.05, 0.1) is 16.9 Å². The van der Waals surface area contributed by atoms with Crippen LogP contribution in [0.4, 0.5) is 10.1 Å². The number of benzene rings is 2. The molecule has 3 aromatic rings. The Morgan fingerprint density at radius 2 is 2.07 bits per heavy atom. The van der Waals surface area contributed by atoms with Crippen LogP contribution in [0.25, 0.3) is 11.1 Å². The van der Waals surface area contributed by atoms with Gasteiger partial charge in [-0.3, -0.25) is 4.79 Å². The molecule has 0 unspecified atom stereocenters. The highest BCUT2D eigenvalue weighted by molar-refractivity contribution is 6.33. The number of rotatable bonds is 5. The van der Waals surface area contributed by atoms with E-state index in [1.807, 2.05) is 31.2 Å². The van der Waals surface area contributed by atoms with Crippen molar-refractivity contribution in [3.8, 4) is 11.1 Å². The number of halogens is 2. The molecule has 3 rings (SSSR count). The standard InChI is InChI=1S/C21H20ClFN4O2/c1-12-6-5-7-17(25-21(28)19-13(2)26-27(3)20(19)23)18(12)14-8-9-15(11-24-29-4)16(22)10-14/h5-11H,1-4H3,(H,25,28)/b24-11+. The lowest BCUT2D eigenvalue weighted by molar-refractivity contribution is 0.102. The molecule has 0 spiro atoms. The predicted molar refractivity (Wildman–Crippen MR) is 112 cm³/mol. The average Bonchev–Trinajstić information content (AvgIpc) is 2.92. The molecule has 1 heterocycles. The largest absolute Gasteiger partial charge is 0.399 e. The number of amides is 1. The number of oxime groups is 1. The third kappa shape index (κ3) is 4.14. The Labute approximate surface area is 172 Å². The number of carbonyl (C=O) groups excluding carboxylic acids is 1. The first-order valence-corrected chi connectivity index (χ1v) is 9.17. The van der Waals surface area contributed by atoms with Gasteiger partial charge in [-0.1, -0.05) is 41.0 Å². The Morgan fingerprint density at radius 1 is 1.31 bits per heavy atom. The lowest BCUT2D eigenvalue weighted by Gasteiger charge is -2.15.